The highest BCUT2D eigenvalue weighted by Crippen LogP contribution is 2.40. The summed E-state index contributed by atoms with van der Waals surface area (Å²) in [6, 6.07) is 14.7. The molecule has 1 saturated carbocycles. The third-order valence-corrected chi connectivity index (χ3v) is 13.8. The SMILES string of the molecule is COc1cnc(C(=O)NCc2cccc(CC(=O)NCCOCCOCC(=O)N[C@H](C(=O)N3C[C@H](O)C[C@H]3C(=O)NCc3ccc(-c4scnc4C)cc3)C(C)(C)C)c2)cc1/C=C/[C@H]1CC[C@H](C(F)(F)F)CC1. The number of alkyl halides is 3. The van der Waals surface area contributed by atoms with E-state index in [1.807, 2.05) is 49.4 Å². The molecule has 3 atom stereocenters. The molecule has 394 valence electrons. The zero-order valence-electron chi connectivity index (χ0n) is 41.9. The van der Waals surface area contributed by atoms with Crippen LogP contribution < -0.4 is 26.0 Å². The molecule has 2 aromatic carbocycles. The van der Waals surface area contributed by atoms with Crippen molar-refractivity contribution in [2.24, 2.45) is 17.3 Å². The van der Waals surface area contributed by atoms with Crippen LogP contribution in [0.3, 0.4) is 0 Å². The highest BCUT2D eigenvalue weighted by molar-refractivity contribution is 7.13. The van der Waals surface area contributed by atoms with E-state index in [-0.39, 0.29) is 95.8 Å². The number of allylic oxidation sites excluding steroid dienone is 1. The molecule has 5 N–H and O–H groups in total. The van der Waals surface area contributed by atoms with E-state index in [1.165, 1.54) is 18.2 Å². The van der Waals surface area contributed by atoms with Crippen LogP contribution in [-0.2, 0) is 48.2 Å². The number of aromatic nitrogens is 2. The minimum Gasteiger partial charge on any atom is -0.495 e. The van der Waals surface area contributed by atoms with Gasteiger partial charge < -0.3 is 45.5 Å². The molecule has 4 aromatic rings. The number of methoxy groups -OCH3 is 1. The van der Waals surface area contributed by atoms with Gasteiger partial charge in [0.1, 0.15) is 30.1 Å². The fourth-order valence-electron chi connectivity index (χ4n) is 8.76. The highest BCUT2D eigenvalue weighted by Gasteiger charge is 2.45. The van der Waals surface area contributed by atoms with E-state index in [0.29, 0.717) is 24.2 Å². The maximum Gasteiger partial charge on any atom is 0.391 e. The van der Waals surface area contributed by atoms with E-state index < -0.39 is 59.3 Å². The number of hydrogen-bond donors (Lipinski definition) is 5. The van der Waals surface area contributed by atoms with Crippen molar-refractivity contribution in [3.63, 3.8) is 0 Å². The van der Waals surface area contributed by atoms with Crippen LogP contribution in [0, 0.1) is 24.2 Å². The number of ether oxygens (including phenoxy) is 3. The number of nitrogens with zero attached hydrogens (tertiary/aromatic N) is 3. The second-order valence-electron chi connectivity index (χ2n) is 19.5. The van der Waals surface area contributed by atoms with Gasteiger partial charge in [-0.1, -0.05) is 81.5 Å². The fraction of sp³-hybridized carbons (Fsp3) is 0.491. The molecule has 0 spiro atoms. The zero-order chi connectivity index (χ0) is 52.7. The van der Waals surface area contributed by atoms with Crippen LogP contribution in [-0.4, -0.2) is 121 Å². The molecular formula is C53H66F3N7O9S. The van der Waals surface area contributed by atoms with Crippen molar-refractivity contribution < 1.29 is 56.5 Å². The molecular weight excluding hydrogens is 968 g/mol. The van der Waals surface area contributed by atoms with Crippen molar-refractivity contribution in [2.75, 3.05) is 46.6 Å². The molecule has 1 aliphatic carbocycles. The number of carbonyl (C=O) groups is 5. The Hall–Kier alpha value is -6.22. The van der Waals surface area contributed by atoms with E-state index in [1.54, 1.807) is 61.9 Å². The summed E-state index contributed by atoms with van der Waals surface area (Å²) in [7, 11) is 1.47. The summed E-state index contributed by atoms with van der Waals surface area (Å²) in [5, 5.41) is 21.9. The van der Waals surface area contributed by atoms with Crippen LogP contribution >= 0.6 is 11.3 Å². The van der Waals surface area contributed by atoms with E-state index in [9.17, 15) is 42.3 Å². The van der Waals surface area contributed by atoms with Gasteiger partial charge in [-0.15, -0.1) is 11.3 Å². The first-order chi connectivity index (χ1) is 34.8. The Kier molecular flexibility index (Phi) is 20.1. The van der Waals surface area contributed by atoms with Gasteiger partial charge in [0.25, 0.3) is 5.91 Å². The molecule has 73 heavy (non-hydrogen) atoms. The van der Waals surface area contributed by atoms with Gasteiger partial charge in [0.05, 0.1) is 67.7 Å². The summed E-state index contributed by atoms with van der Waals surface area (Å²) in [6.45, 7) is 7.95. The summed E-state index contributed by atoms with van der Waals surface area (Å²) in [6.07, 6.45) is 1.18. The molecule has 0 unspecified atom stereocenters. The quantitative estimate of drug-likeness (QED) is 0.0549. The second kappa shape index (κ2) is 26.1. The fourth-order valence-corrected chi connectivity index (χ4v) is 9.57. The van der Waals surface area contributed by atoms with E-state index >= 15 is 0 Å². The number of aliphatic hydroxyl groups is 1. The monoisotopic (exact) mass is 1030 g/mol. The van der Waals surface area contributed by atoms with Crippen LogP contribution in [0.15, 0.2) is 72.4 Å². The maximum absolute atomic E-state index is 14.0. The molecule has 1 saturated heterocycles. The van der Waals surface area contributed by atoms with Crippen molar-refractivity contribution in [2.45, 2.75) is 104 Å². The number of aliphatic hydroxyl groups excluding tert-OH is 1. The van der Waals surface area contributed by atoms with Gasteiger partial charge in [0.2, 0.25) is 23.6 Å². The van der Waals surface area contributed by atoms with Crippen molar-refractivity contribution >= 4 is 46.9 Å². The Balaban J connectivity index is 0.860. The highest BCUT2D eigenvalue weighted by atomic mass is 32.1. The first-order valence-corrected chi connectivity index (χ1v) is 25.3. The molecule has 0 bridgehead atoms. The lowest BCUT2D eigenvalue weighted by Gasteiger charge is -2.35. The van der Waals surface area contributed by atoms with Crippen molar-refractivity contribution in [1.82, 2.24) is 36.1 Å². The number of benzene rings is 2. The molecule has 2 fully saturated rings. The van der Waals surface area contributed by atoms with Gasteiger partial charge >= 0.3 is 6.18 Å². The molecule has 1 aliphatic heterocycles. The number of pyridine rings is 1. The molecule has 2 aliphatic rings. The van der Waals surface area contributed by atoms with Gasteiger partial charge in [-0.05, 0) is 72.3 Å². The number of nitrogens with one attached hydrogen (secondary N) is 4. The average molecular weight is 1030 g/mol. The Morgan fingerprint density at radius 1 is 0.877 bits per heavy atom. The first-order valence-electron chi connectivity index (χ1n) is 24.4. The Bertz CT molecular complexity index is 2540. The number of carbonyl (C=O) groups excluding carboxylic acids is 5. The van der Waals surface area contributed by atoms with Crippen molar-refractivity contribution in [1.29, 1.82) is 0 Å². The topological polar surface area (TPSA) is 210 Å². The lowest BCUT2D eigenvalue weighted by atomic mass is 9.81. The van der Waals surface area contributed by atoms with E-state index in [0.717, 1.165) is 32.8 Å². The molecule has 20 heteroatoms. The van der Waals surface area contributed by atoms with Gasteiger partial charge in [0.15, 0.2) is 0 Å². The van der Waals surface area contributed by atoms with Gasteiger partial charge in [-0.2, -0.15) is 13.2 Å². The minimum absolute atomic E-state index is 0.00837. The lowest BCUT2D eigenvalue weighted by molar-refractivity contribution is -0.183. The summed E-state index contributed by atoms with van der Waals surface area (Å²) >= 11 is 1.56. The summed E-state index contributed by atoms with van der Waals surface area (Å²) in [5.41, 5.74) is 6.12. The Morgan fingerprint density at radius 3 is 2.27 bits per heavy atom. The third-order valence-electron chi connectivity index (χ3n) is 12.8. The third kappa shape index (κ3) is 16.6. The number of hydrogen-bond acceptors (Lipinski definition) is 12. The van der Waals surface area contributed by atoms with Crippen molar-refractivity contribution in [3.8, 4) is 16.2 Å². The number of amides is 5. The molecule has 5 amide bonds. The largest absolute Gasteiger partial charge is 0.495 e. The normalized spacial score (nSPS) is 18.6. The van der Waals surface area contributed by atoms with Crippen LogP contribution in [0.2, 0.25) is 0 Å². The Labute approximate surface area is 427 Å². The summed E-state index contributed by atoms with van der Waals surface area (Å²) in [4.78, 5) is 77.2. The van der Waals surface area contributed by atoms with Crippen LogP contribution in [0.5, 0.6) is 5.75 Å². The van der Waals surface area contributed by atoms with Crippen LogP contribution in [0.4, 0.5) is 13.2 Å². The van der Waals surface area contributed by atoms with Crippen LogP contribution in [0.1, 0.15) is 91.3 Å². The molecule has 3 heterocycles. The number of β-amino-alcohol motifs (C(OH)–C–C–N with tert-alkyl or cyclic N) is 1. The summed E-state index contributed by atoms with van der Waals surface area (Å²) < 4.78 is 55.8. The first kappa shape index (κ1) is 56.1. The molecule has 0 radical (unpaired) electrons. The van der Waals surface area contributed by atoms with Gasteiger partial charge in [-0.3, -0.25) is 24.0 Å². The predicted molar refractivity (Wildman–Crippen MR) is 269 cm³/mol. The average Bonchev–Trinajstić information content (AvgIpc) is 3.98. The Morgan fingerprint density at radius 2 is 1.59 bits per heavy atom. The number of likely N-dealkylation sites (tertiary alicyclic amines) is 1. The smallest absolute Gasteiger partial charge is 0.391 e. The summed E-state index contributed by atoms with van der Waals surface area (Å²) in [5.74, 6) is -2.94. The molecule has 16 nitrogen and oxygen atoms in total. The van der Waals surface area contributed by atoms with E-state index in [4.69, 9.17) is 14.2 Å². The standard InChI is InChI=1S/C53H66F3N7O9S/c1-33-47(73-32-61-33)38-14-10-35(11-15-38)27-60-50(68)43-26-41(64)30-63(43)51(69)48(52(2,3)4)62-46(66)31-72-22-21-71-20-19-57-45(65)24-36-7-6-8-37(23-36)28-59-49(67)42-25-39(44(70-5)29-58-42)16-9-34-12-17-40(18-13-34)53(54,55)56/h6-11,14-16,23,25,29,32,34,40-41,43,48,64H,12-13,17-22,24,26-28,30-31H2,1-5H3,(H,57,65)(H,59,67)(H,60,68)(H,62,66)/b16-9+/t34-,40-,41-,43+,48-/m1/s1. The number of thiazole rings is 1. The predicted octanol–water partition coefficient (Wildman–Crippen LogP) is 6.34. The van der Waals surface area contributed by atoms with E-state index in [2.05, 4.69) is 31.2 Å². The van der Waals surface area contributed by atoms with Gasteiger partial charge in [-0.25, -0.2) is 9.97 Å². The van der Waals surface area contributed by atoms with Crippen LogP contribution in [0.25, 0.3) is 16.5 Å². The van der Waals surface area contributed by atoms with Crippen molar-refractivity contribution in [3.05, 3.63) is 106 Å². The minimum atomic E-state index is -4.17. The molecule has 2 aromatic heterocycles. The number of halogens is 3. The number of rotatable bonds is 22. The van der Waals surface area contributed by atoms with Gasteiger partial charge in [0, 0.05) is 38.2 Å². The zero-order valence-corrected chi connectivity index (χ0v) is 42.7. The molecule has 6 rings (SSSR count). The maximum atomic E-state index is 14.0. The lowest BCUT2D eigenvalue weighted by Crippen LogP contribution is -2.58. The second-order valence-corrected chi connectivity index (χ2v) is 20.3. The number of aryl methyl sites for hydroxylation is 1.